The van der Waals surface area contributed by atoms with Crippen LogP contribution in [0.25, 0.3) is 0 Å². The zero-order valence-corrected chi connectivity index (χ0v) is 17.4. The number of carbonyl (C=O) groups excluding carboxylic acids is 1. The van der Waals surface area contributed by atoms with Gasteiger partial charge in [0.2, 0.25) is 10.0 Å². The van der Waals surface area contributed by atoms with Crippen LogP contribution in [0.1, 0.15) is 45.1 Å². The van der Waals surface area contributed by atoms with Crippen molar-refractivity contribution in [3.8, 4) is 0 Å². The van der Waals surface area contributed by atoms with E-state index in [1.807, 2.05) is 12.1 Å². The van der Waals surface area contributed by atoms with Crippen LogP contribution in [-0.4, -0.2) is 57.4 Å². The number of nitrogens with one attached hydrogen (secondary N) is 2. The molecule has 1 aromatic rings. The van der Waals surface area contributed by atoms with Crippen molar-refractivity contribution < 1.29 is 18.1 Å². The fraction of sp³-hybridized carbons (Fsp3) is 0.650. The van der Waals surface area contributed by atoms with Gasteiger partial charge in [0.05, 0.1) is 31.1 Å². The number of sulfonamides is 1. The van der Waals surface area contributed by atoms with Gasteiger partial charge >= 0.3 is 0 Å². The van der Waals surface area contributed by atoms with Crippen LogP contribution in [0.3, 0.4) is 0 Å². The Morgan fingerprint density at radius 2 is 1.74 bits per heavy atom. The molecule has 2 fully saturated rings. The summed E-state index contributed by atoms with van der Waals surface area (Å²) in [5.41, 5.74) is 1.13. The third kappa shape index (κ3) is 5.09. The number of rotatable bonds is 7. The number of hydrogen-bond donors (Lipinski definition) is 2. The highest BCUT2D eigenvalue weighted by Crippen LogP contribution is 2.32. The highest BCUT2D eigenvalue weighted by atomic mass is 32.2. The topological polar surface area (TPSA) is 70.9 Å². The number of nitrogens with zero attached hydrogens (tertiary/aromatic N) is 1. The number of amides is 1. The van der Waals surface area contributed by atoms with E-state index in [9.17, 15) is 13.2 Å². The zero-order valence-electron chi connectivity index (χ0n) is 16.6. The second-order valence-electron chi connectivity index (χ2n) is 8.25. The number of quaternary nitrogens is 1. The molecule has 2 N–H and O–H groups in total. The molecule has 27 heavy (non-hydrogen) atoms. The lowest BCUT2D eigenvalue weighted by Gasteiger charge is -2.31. The van der Waals surface area contributed by atoms with E-state index in [4.69, 9.17) is 0 Å². The second-order valence-corrected chi connectivity index (χ2v) is 10.2. The van der Waals surface area contributed by atoms with Crippen molar-refractivity contribution in [2.45, 2.75) is 50.5 Å². The van der Waals surface area contributed by atoms with Crippen LogP contribution in [0.5, 0.6) is 0 Å². The van der Waals surface area contributed by atoms with E-state index >= 15 is 0 Å². The van der Waals surface area contributed by atoms with Gasteiger partial charge in [-0.25, -0.2) is 8.42 Å². The van der Waals surface area contributed by atoms with Crippen LogP contribution in [0.4, 0.5) is 0 Å². The van der Waals surface area contributed by atoms with Crippen molar-refractivity contribution in [3.63, 3.8) is 0 Å². The van der Waals surface area contributed by atoms with Crippen molar-refractivity contribution >= 4 is 15.9 Å². The molecule has 1 aliphatic heterocycles. The van der Waals surface area contributed by atoms with Gasteiger partial charge in [0.25, 0.3) is 5.91 Å². The lowest BCUT2D eigenvalue weighted by molar-refractivity contribution is -0.895. The van der Waals surface area contributed by atoms with Gasteiger partial charge in [0.15, 0.2) is 6.54 Å². The van der Waals surface area contributed by atoms with Crippen LogP contribution in [0.2, 0.25) is 0 Å². The smallest absolute Gasteiger partial charge is 0.275 e. The SMILES string of the molecule is CC(C)c1ccc(S(=O)(=O)N2CC[NH+](CC(=O)N[C@H](C)C3CC3)CC2)cc1. The number of carbonyl (C=O) groups is 1. The summed E-state index contributed by atoms with van der Waals surface area (Å²) in [6.07, 6.45) is 2.42. The minimum atomic E-state index is -3.46. The molecule has 0 bridgehead atoms. The largest absolute Gasteiger partial charge is 0.348 e. The average molecular weight is 395 g/mol. The maximum absolute atomic E-state index is 12.9. The van der Waals surface area contributed by atoms with E-state index in [1.165, 1.54) is 12.8 Å². The van der Waals surface area contributed by atoms with E-state index in [-0.39, 0.29) is 11.9 Å². The number of benzene rings is 1. The second kappa shape index (κ2) is 8.29. The fourth-order valence-electron chi connectivity index (χ4n) is 3.64. The van der Waals surface area contributed by atoms with E-state index in [1.54, 1.807) is 16.4 Å². The summed E-state index contributed by atoms with van der Waals surface area (Å²) in [4.78, 5) is 13.7. The van der Waals surface area contributed by atoms with Crippen LogP contribution in [-0.2, 0) is 14.8 Å². The average Bonchev–Trinajstić information content (AvgIpc) is 3.47. The van der Waals surface area contributed by atoms with Gasteiger partial charge in [0.1, 0.15) is 0 Å². The molecule has 1 aliphatic carbocycles. The summed E-state index contributed by atoms with van der Waals surface area (Å²) in [6, 6.07) is 7.45. The molecule has 0 radical (unpaired) electrons. The van der Waals surface area contributed by atoms with E-state index in [2.05, 4.69) is 26.1 Å². The maximum Gasteiger partial charge on any atom is 0.275 e. The minimum Gasteiger partial charge on any atom is -0.348 e. The van der Waals surface area contributed by atoms with Crippen molar-refractivity contribution in [1.82, 2.24) is 9.62 Å². The minimum absolute atomic E-state index is 0.0741. The predicted molar refractivity (Wildman–Crippen MR) is 105 cm³/mol. The lowest BCUT2D eigenvalue weighted by atomic mass is 10.0. The van der Waals surface area contributed by atoms with Crippen LogP contribution in [0, 0.1) is 5.92 Å². The van der Waals surface area contributed by atoms with Crippen molar-refractivity contribution in [2.24, 2.45) is 5.92 Å². The highest BCUT2D eigenvalue weighted by molar-refractivity contribution is 7.89. The molecule has 6 nitrogen and oxygen atoms in total. The van der Waals surface area contributed by atoms with Gasteiger partial charge < -0.3 is 10.2 Å². The molecule has 150 valence electrons. The van der Waals surface area contributed by atoms with Crippen LogP contribution in [0.15, 0.2) is 29.2 Å². The van der Waals surface area contributed by atoms with Gasteiger partial charge in [-0.05, 0) is 49.3 Å². The maximum atomic E-state index is 12.9. The standard InChI is InChI=1S/C20H31N3O3S/c1-15(2)17-6-8-19(9-7-17)27(25,26)23-12-10-22(11-13-23)14-20(24)21-16(3)18-4-5-18/h6-9,15-16,18H,4-5,10-14H2,1-3H3,(H,21,24)/p+1/t16-/m1/s1. The Labute approximate surface area is 163 Å². The Hall–Kier alpha value is -1.44. The summed E-state index contributed by atoms with van der Waals surface area (Å²) >= 11 is 0. The summed E-state index contributed by atoms with van der Waals surface area (Å²) < 4.78 is 27.3. The quantitative estimate of drug-likeness (QED) is 0.712. The number of piperazine rings is 1. The summed E-state index contributed by atoms with van der Waals surface area (Å²) in [5.74, 6) is 1.10. The molecular weight excluding hydrogens is 362 g/mol. The molecule has 0 unspecified atom stereocenters. The Morgan fingerprint density at radius 1 is 1.15 bits per heavy atom. The molecule has 1 amide bonds. The Morgan fingerprint density at radius 3 is 2.26 bits per heavy atom. The zero-order chi connectivity index (χ0) is 19.6. The normalized spacial score (nSPS) is 20.6. The highest BCUT2D eigenvalue weighted by Gasteiger charge is 2.32. The van der Waals surface area contributed by atoms with Gasteiger partial charge in [-0.1, -0.05) is 26.0 Å². The predicted octanol–water partition coefficient (Wildman–Crippen LogP) is 0.614. The molecule has 1 saturated carbocycles. The molecular formula is C20H32N3O3S+. The summed E-state index contributed by atoms with van der Waals surface area (Å²) in [5, 5.41) is 3.08. The van der Waals surface area contributed by atoms with Gasteiger partial charge in [-0.2, -0.15) is 4.31 Å². The molecule has 2 aliphatic rings. The molecule has 1 aromatic carbocycles. The number of hydrogen-bond acceptors (Lipinski definition) is 3. The van der Waals surface area contributed by atoms with Gasteiger partial charge in [0, 0.05) is 6.04 Å². The first-order valence-corrected chi connectivity index (χ1v) is 11.4. The van der Waals surface area contributed by atoms with Crippen molar-refractivity contribution in [1.29, 1.82) is 0 Å². The Bertz CT molecular complexity index is 749. The van der Waals surface area contributed by atoms with Gasteiger partial charge in [-0.3, -0.25) is 4.79 Å². The molecule has 1 heterocycles. The van der Waals surface area contributed by atoms with Crippen molar-refractivity contribution in [2.75, 3.05) is 32.7 Å². The fourth-order valence-corrected chi connectivity index (χ4v) is 5.08. The first kappa shape index (κ1) is 20.3. The van der Waals surface area contributed by atoms with E-state index in [0.29, 0.717) is 49.5 Å². The summed E-state index contributed by atoms with van der Waals surface area (Å²) in [6.45, 7) is 8.90. The molecule has 1 atom stereocenters. The molecule has 0 spiro atoms. The van der Waals surface area contributed by atoms with Gasteiger partial charge in [-0.15, -0.1) is 0 Å². The van der Waals surface area contributed by atoms with E-state index in [0.717, 1.165) is 10.5 Å². The van der Waals surface area contributed by atoms with Crippen molar-refractivity contribution in [3.05, 3.63) is 29.8 Å². The monoisotopic (exact) mass is 394 g/mol. The molecule has 7 heteroatoms. The van der Waals surface area contributed by atoms with E-state index < -0.39 is 10.0 Å². The Kier molecular flexibility index (Phi) is 6.23. The molecule has 1 saturated heterocycles. The van der Waals surface area contributed by atoms with Crippen LogP contribution >= 0.6 is 0 Å². The molecule has 0 aromatic heterocycles. The first-order chi connectivity index (χ1) is 12.8. The molecule has 3 rings (SSSR count). The first-order valence-electron chi connectivity index (χ1n) is 10.0. The summed E-state index contributed by atoms with van der Waals surface area (Å²) in [7, 11) is -3.46. The van der Waals surface area contributed by atoms with Crippen LogP contribution < -0.4 is 10.2 Å². The third-order valence-corrected chi connectivity index (χ3v) is 7.66. The lowest BCUT2D eigenvalue weighted by Crippen LogP contribution is -3.15. The third-order valence-electron chi connectivity index (χ3n) is 5.74. The Balaban J connectivity index is 1.52.